The molecule has 9 N–H and O–H groups in total. The molecule has 0 fully saturated rings. The topological polar surface area (TPSA) is 209 Å². The van der Waals surface area contributed by atoms with Crippen LogP contribution in [0.2, 0.25) is 0 Å². The normalized spacial score (nSPS) is 15.1. The van der Waals surface area contributed by atoms with Crippen LogP contribution in [0.3, 0.4) is 0 Å². The molecule has 1 aromatic carbocycles. The number of primary amides is 1. The summed E-state index contributed by atoms with van der Waals surface area (Å²) >= 11 is 3.91. The lowest BCUT2D eigenvalue weighted by atomic mass is 9.96. The van der Waals surface area contributed by atoms with Crippen LogP contribution in [0.25, 0.3) is 10.9 Å². The van der Waals surface area contributed by atoms with Crippen molar-refractivity contribution in [1.82, 2.24) is 20.9 Å². The number of thiol groups is 1. The molecule has 0 aliphatic heterocycles. The van der Waals surface area contributed by atoms with E-state index < -0.39 is 53.8 Å². The van der Waals surface area contributed by atoms with Crippen LogP contribution in [0, 0.1) is 5.92 Å². The van der Waals surface area contributed by atoms with Gasteiger partial charge in [-0.05, 0) is 30.4 Å². The van der Waals surface area contributed by atoms with E-state index in [1.165, 1.54) is 0 Å². The van der Waals surface area contributed by atoms with Crippen LogP contribution >= 0.6 is 12.6 Å². The lowest BCUT2D eigenvalue weighted by Crippen LogP contribution is -2.59. The second kappa shape index (κ2) is 14.4. The van der Waals surface area contributed by atoms with E-state index in [-0.39, 0.29) is 30.9 Å². The Morgan fingerprint density at radius 3 is 2.29 bits per heavy atom. The third-order valence-electron chi connectivity index (χ3n) is 6.35. The van der Waals surface area contributed by atoms with Crippen LogP contribution in [0.15, 0.2) is 30.5 Å². The molecule has 12 nitrogen and oxygen atoms in total. The smallest absolute Gasteiger partial charge is 0.327 e. The van der Waals surface area contributed by atoms with Crippen molar-refractivity contribution < 1.29 is 29.1 Å². The highest BCUT2D eigenvalue weighted by atomic mass is 32.1. The number of carboxylic acid groups (broad SMARTS) is 1. The maximum atomic E-state index is 13.2. The fourth-order valence-electron chi connectivity index (χ4n) is 3.87. The highest BCUT2D eigenvalue weighted by Gasteiger charge is 2.32. The summed E-state index contributed by atoms with van der Waals surface area (Å²) in [6, 6.07) is 3.05. The molecule has 0 bridgehead atoms. The zero-order chi connectivity index (χ0) is 28.4. The van der Waals surface area contributed by atoms with Crippen LogP contribution in [0.1, 0.15) is 38.7 Å². The second-order valence-electron chi connectivity index (χ2n) is 9.19. The Bertz CT molecular complexity index is 1150. The molecular weight excluding hydrogens is 512 g/mol. The number of para-hydroxylation sites is 1. The van der Waals surface area contributed by atoms with E-state index in [1.54, 1.807) is 13.1 Å². The maximum Gasteiger partial charge on any atom is 0.327 e. The summed E-state index contributed by atoms with van der Waals surface area (Å²) in [5.41, 5.74) is 13.2. The van der Waals surface area contributed by atoms with Crippen molar-refractivity contribution in [2.75, 3.05) is 5.75 Å². The minimum Gasteiger partial charge on any atom is -0.480 e. The van der Waals surface area contributed by atoms with Gasteiger partial charge in [0.15, 0.2) is 0 Å². The molecule has 0 saturated heterocycles. The first kappa shape index (κ1) is 30.6. The zero-order valence-electron chi connectivity index (χ0n) is 21.4. The van der Waals surface area contributed by atoms with E-state index in [1.807, 2.05) is 31.2 Å². The van der Waals surface area contributed by atoms with Crippen molar-refractivity contribution in [3.8, 4) is 0 Å². The van der Waals surface area contributed by atoms with Crippen LogP contribution in [-0.4, -0.2) is 69.6 Å². The van der Waals surface area contributed by atoms with E-state index in [9.17, 15) is 29.1 Å². The molecule has 0 radical (unpaired) electrons. The van der Waals surface area contributed by atoms with Crippen LogP contribution in [0.4, 0.5) is 0 Å². The molecule has 38 heavy (non-hydrogen) atoms. The number of rotatable bonds is 15. The minimum absolute atomic E-state index is 0.160. The van der Waals surface area contributed by atoms with Gasteiger partial charge in [-0.15, -0.1) is 0 Å². The fraction of sp³-hybridized carbons (Fsp3) is 0.480. The molecule has 208 valence electrons. The predicted molar refractivity (Wildman–Crippen MR) is 145 cm³/mol. The number of hydrogen-bond acceptors (Lipinski definition) is 7. The number of benzene rings is 1. The van der Waals surface area contributed by atoms with E-state index in [0.29, 0.717) is 6.42 Å². The first-order valence-electron chi connectivity index (χ1n) is 12.3. The number of carbonyl (C=O) groups is 5. The number of aromatic amines is 1. The predicted octanol–water partition coefficient (Wildman–Crippen LogP) is -0.182. The van der Waals surface area contributed by atoms with Gasteiger partial charge in [-0.3, -0.25) is 19.2 Å². The average Bonchev–Trinajstić information content (AvgIpc) is 3.29. The minimum atomic E-state index is -1.30. The van der Waals surface area contributed by atoms with E-state index in [0.717, 1.165) is 16.5 Å². The largest absolute Gasteiger partial charge is 0.480 e. The van der Waals surface area contributed by atoms with Crippen molar-refractivity contribution >= 4 is 53.1 Å². The summed E-state index contributed by atoms with van der Waals surface area (Å²) in [6.07, 6.45) is 2.15. The summed E-state index contributed by atoms with van der Waals surface area (Å²) in [7, 11) is 0. The van der Waals surface area contributed by atoms with Crippen LogP contribution in [0.5, 0.6) is 0 Å². The van der Waals surface area contributed by atoms with Crippen molar-refractivity contribution in [2.45, 2.75) is 63.7 Å². The van der Waals surface area contributed by atoms with Crippen molar-refractivity contribution in [2.24, 2.45) is 17.4 Å². The molecule has 0 saturated carbocycles. The number of nitrogens with two attached hydrogens (primary N) is 2. The third-order valence-corrected chi connectivity index (χ3v) is 6.72. The van der Waals surface area contributed by atoms with Gasteiger partial charge in [0.2, 0.25) is 23.6 Å². The number of hydrogen-bond donors (Lipinski definition) is 8. The molecule has 2 aromatic rings. The SMILES string of the molecule is CCC(C)C(NC(=O)C(N)Cc1c[nH]c2ccccc12)C(=O)NC(CCC(N)=O)C(=O)NC(CS)C(=O)O. The van der Waals surface area contributed by atoms with E-state index in [4.69, 9.17) is 11.5 Å². The van der Waals surface area contributed by atoms with E-state index in [2.05, 4.69) is 33.6 Å². The number of amides is 4. The average molecular weight is 549 g/mol. The number of carbonyl (C=O) groups excluding carboxylic acids is 4. The Balaban J connectivity index is 2.15. The maximum absolute atomic E-state index is 13.2. The van der Waals surface area contributed by atoms with Gasteiger partial charge in [-0.1, -0.05) is 38.5 Å². The van der Waals surface area contributed by atoms with Gasteiger partial charge in [0.05, 0.1) is 6.04 Å². The first-order valence-corrected chi connectivity index (χ1v) is 12.9. The van der Waals surface area contributed by atoms with Gasteiger partial charge < -0.3 is 37.5 Å². The van der Waals surface area contributed by atoms with Gasteiger partial charge in [-0.2, -0.15) is 12.6 Å². The monoisotopic (exact) mass is 548 g/mol. The molecule has 5 unspecified atom stereocenters. The first-order chi connectivity index (χ1) is 18.0. The number of nitrogens with one attached hydrogen (secondary N) is 4. The van der Waals surface area contributed by atoms with Crippen LogP contribution < -0.4 is 27.4 Å². The molecular formula is C25H36N6O6S. The fourth-order valence-corrected chi connectivity index (χ4v) is 4.11. The lowest BCUT2D eigenvalue weighted by Gasteiger charge is -2.27. The van der Waals surface area contributed by atoms with Crippen LogP contribution in [-0.2, 0) is 30.4 Å². The van der Waals surface area contributed by atoms with Crippen molar-refractivity contribution in [3.05, 3.63) is 36.0 Å². The van der Waals surface area contributed by atoms with E-state index >= 15 is 0 Å². The molecule has 4 amide bonds. The standard InChI is InChI=1S/C25H36N6O6S/c1-3-13(2)21(31-22(33)16(26)10-14-11-28-17-7-5-4-6-15(14)17)24(35)29-18(8-9-20(27)32)23(34)30-19(12-38)25(36)37/h4-7,11,13,16,18-19,21,28,38H,3,8-10,12,26H2,1-2H3,(H2,27,32)(H,29,35)(H,30,34)(H,31,33)(H,36,37). The molecule has 0 spiro atoms. The number of fused-ring (bicyclic) bond motifs is 1. The molecule has 2 rings (SSSR count). The Kier molecular flexibility index (Phi) is 11.6. The Labute approximate surface area is 226 Å². The molecule has 0 aliphatic rings. The highest BCUT2D eigenvalue weighted by Crippen LogP contribution is 2.19. The highest BCUT2D eigenvalue weighted by molar-refractivity contribution is 7.80. The third kappa shape index (κ3) is 8.48. The van der Waals surface area contributed by atoms with Gasteiger partial charge >= 0.3 is 5.97 Å². The number of H-pyrrole nitrogens is 1. The second-order valence-corrected chi connectivity index (χ2v) is 9.56. The Morgan fingerprint density at radius 2 is 1.68 bits per heavy atom. The molecule has 1 heterocycles. The molecule has 5 atom stereocenters. The Morgan fingerprint density at radius 1 is 1.03 bits per heavy atom. The lowest BCUT2D eigenvalue weighted by molar-refractivity contribution is -0.141. The summed E-state index contributed by atoms with van der Waals surface area (Å²) in [5.74, 6) is -4.55. The van der Waals surface area contributed by atoms with Crippen molar-refractivity contribution in [1.29, 1.82) is 0 Å². The molecule has 1 aromatic heterocycles. The summed E-state index contributed by atoms with van der Waals surface area (Å²) < 4.78 is 0. The van der Waals surface area contributed by atoms with Gasteiger partial charge in [0.1, 0.15) is 18.1 Å². The van der Waals surface area contributed by atoms with Gasteiger partial charge in [0, 0.05) is 29.3 Å². The van der Waals surface area contributed by atoms with Crippen molar-refractivity contribution in [3.63, 3.8) is 0 Å². The summed E-state index contributed by atoms with van der Waals surface area (Å²) in [4.78, 5) is 64.7. The Hall–Kier alpha value is -3.58. The number of aliphatic carboxylic acids is 1. The number of carboxylic acids is 1. The zero-order valence-corrected chi connectivity index (χ0v) is 22.3. The van der Waals surface area contributed by atoms with Gasteiger partial charge in [-0.25, -0.2) is 4.79 Å². The quantitative estimate of drug-likeness (QED) is 0.141. The summed E-state index contributed by atoms with van der Waals surface area (Å²) in [6.45, 7) is 3.60. The molecule has 13 heteroatoms. The molecule has 0 aliphatic carbocycles. The van der Waals surface area contributed by atoms with Gasteiger partial charge in [0.25, 0.3) is 0 Å². The summed E-state index contributed by atoms with van der Waals surface area (Å²) in [5, 5.41) is 17.7. The number of aromatic nitrogens is 1.